The van der Waals surface area contributed by atoms with Gasteiger partial charge in [-0.15, -0.1) is 0 Å². The number of aryl methyl sites for hydroxylation is 1. The Labute approximate surface area is 152 Å². The number of hydrogen-bond acceptors (Lipinski definition) is 2. The van der Waals surface area contributed by atoms with Crippen molar-refractivity contribution in [3.8, 4) is 0 Å². The van der Waals surface area contributed by atoms with Crippen LogP contribution >= 0.6 is 0 Å². The molecular formula is C20H32ClNO2. The van der Waals surface area contributed by atoms with Crippen LogP contribution in [-0.2, 0) is 6.42 Å². The summed E-state index contributed by atoms with van der Waals surface area (Å²) in [6, 6.07) is 8.40. The third kappa shape index (κ3) is 7.33. The largest absolute Gasteiger partial charge is 1.00 e. The van der Waals surface area contributed by atoms with Crippen LogP contribution in [0.3, 0.4) is 0 Å². The highest BCUT2D eigenvalue weighted by atomic mass is 35.5. The summed E-state index contributed by atoms with van der Waals surface area (Å²) in [7, 11) is 0. The summed E-state index contributed by atoms with van der Waals surface area (Å²) in [5.41, 5.74) is 2.14. The van der Waals surface area contributed by atoms with E-state index in [0.717, 1.165) is 24.9 Å². The number of aliphatic hydroxyl groups is 1. The molecule has 0 amide bonds. The highest BCUT2D eigenvalue weighted by Gasteiger charge is 2.28. The molecule has 1 aromatic rings. The Kier molecular flexibility index (Phi) is 10.2. The first-order chi connectivity index (χ1) is 11.2. The number of hydrogen-bond donors (Lipinski definition) is 2. The van der Waals surface area contributed by atoms with Crippen LogP contribution in [0, 0.1) is 0 Å². The van der Waals surface area contributed by atoms with Gasteiger partial charge in [-0.25, -0.2) is 0 Å². The molecule has 1 saturated heterocycles. The summed E-state index contributed by atoms with van der Waals surface area (Å²) in [5.74, 6) is 0.200. The molecular weight excluding hydrogens is 322 g/mol. The lowest BCUT2D eigenvalue weighted by molar-refractivity contribution is -0.670. The fourth-order valence-electron chi connectivity index (χ4n) is 3.38. The Morgan fingerprint density at radius 2 is 1.79 bits per heavy atom. The molecule has 4 heteroatoms. The lowest BCUT2D eigenvalue weighted by atomic mass is 9.99. The molecule has 0 bridgehead atoms. The quantitative estimate of drug-likeness (QED) is 0.454. The van der Waals surface area contributed by atoms with Crippen molar-refractivity contribution >= 4 is 5.78 Å². The standard InChI is InChI=1S/C20H31NO2.ClH/c1-2-3-4-5-6-7-8-16-9-11-17(12-10-16)20(23)14-18-13-19(22)15-21-18;/h9-12,18-19,21-22H,2-8,13-15H2,1H3;1H/t18-,19+;/m0./s1. The monoisotopic (exact) mass is 353 g/mol. The number of nitrogens with two attached hydrogens (primary N) is 1. The normalized spacial score (nSPS) is 19.9. The smallest absolute Gasteiger partial charge is 0.168 e. The number of carbonyl (C=O) groups is 1. The minimum Gasteiger partial charge on any atom is -1.00 e. The molecule has 0 unspecified atom stereocenters. The van der Waals surface area contributed by atoms with Gasteiger partial charge in [0.1, 0.15) is 12.6 Å². The summed E-state index contributed by atoms with van der Waals surface area (Å²) in [6.45, 7) is 2.98. The van der Waals surface area contributed by atoms with Crippen molar-refractivity contribution in [2.45, 2.75) is 76.9 Å². The molecule has 1 heterocycles. The highest BCUT2D eigenvalue weighted by molar-refractivity contribution is 5.96. The van der Waals surface area contributed by atoms with E-state index >= 15 is 0 Å². The molecule has 1 aliphatic heterocycles. The predicted octanol–water partition coefficient (Wildman–Crippen LogP) is -0.137. The maximum absolute atomic E-state index is 12.3. The van der Waals surface area contributed by atoms with E-state index in [2.05, 4.69) is 24.4 Å². The molecule has 0 radical (unpaired) electrons. The fourth-order valence-corrected chi connectivity index (χ4v) is 3.38. The minimum absolute atomic E-state index is 0. The molecule has 24 heavy (non-hydrogen) atoms. The third-order valence-corrected chi connectivity index (χ3v) is 4.86. The van der Waals surface area contributed by atoms with Crippen LogP contribution in [0.15, 0.2) is 24.3 Å². The Morgan fingerprint density at radius 3 is 2.42 bits per heavy atom. The zero-order valence-corrected chi connectivity index (χ0v) is 15.6. The van der Waals surface area contributed by atoms with Crippen LogP contribution in [0.1, 0.15) is 74.2 Å². The molecule has 0 aliphatic carbocycles. The van der Waals surface area contributed by atoms with Gasteiger partial charge in [-0.1, -0.05) is 63.3 Å². The summed E-state index contributed by atoms with van der Waals surface area (Å²) in [6.07, 6.45) is 10.0. The van der Waals surface area contributed by atoms with Crippen LogP contribution < -0.4 is 17.7 Å². The lowest BCUT2D eigenvalue weighted by Gasteiger charge is -2.07. The Balaban J connectivity index is 0.00000288. The molecule has 3 N–H and O–H groups in total. The summed E-state index contributed by atoms with van der Waals surface area (Å²) in [5, 5.41) is 11.6. The number of quaternary nitrogens is 1. The van der Waals surface area contributed by atoms with Crippen molar-refractivity contribution in [1.29, 1.82) is 0 Å². The molecule has 136 valence electrons. The van der Waals surface area contributed by atoms with E-state index < -0.39 is 0 Å². The number of unbranched alkanes of at least 4 members (excludes halogenated alkanes) is 5. The van der Waals surface area contributed by atoms with Gasteiger partial charge in [0.2, 0.25) is 0 Å². The molecule has 0 aromatic heterocycles. The third-order valence-electron chi connectivity index (χ3n) is 4.86. The van der Waals surface area contributed by atoms with Gasteiger partial charge in [0.05, 0.1) is 12.5 Å². The van der Waals surface area contributed by atoms with Gasteiger partial charge in [-0.3, -0.25) is 4.79 Å². The van der Waals surface area contributed by atoms with Gasteiger partial charge < -0.3 is 22.8 Å². The molecule has 1 aliphatic rings. The molecule has 0 saturated carbocycles. The van der Waals surface area contributed by atoms with E-state index in [1.807, 2.05) is 12.1 Å². The van der Waals surface area contributed by atoms with E-state index in [1.165, 1.54) is 44.1 Å². The van der Waals surface area contributed by atoms with E-state index in [9.17, 15) is 9.90 Å². The number of ketones is 1. The number of benzene rings is 1. The van der Waals surface area contributed by atoms with Gasteiger partial charge >= 0.3 is 0 Å². The van der Waals surface area contributed by atoms with Gasteiger partial charge in [0, 0.05) is 12.0 Å². The first-order valence-electron chi connectivity index (χ1n) is 9.32. The number of rotatable bonds is 10. The van der Waals surface area contributed by atoms with E-state index in [-0.39, 0.29) is 30.3 Å². The van der Waals surface area contributed by atoms with Crippen molar-refractivity contribution < 1.29 is 27.6 Å². The minimum atomic E-state index is -0.243. The molecule has 2 rings (SSSR count). The summed E-state index contributed by atoms with van der Waals surface area (Å²) in [4.78, 5) is 12.3. The van der Waals surface area contributed by atoms with Crippen LogP contribution in [0.5, 0.6) is 0 Å². The van der Waals surface area contributed by atoms with Crippen molar-refractivity contribution in [3.63, 3.8) is 0 Å². The van der Waals surface area contributed by atoms with Crippen molar-refractivity contribution in [1.82, 2.24) is 0 Å². The van der Waals surface area contributed by atoms with Crippen LogP contribution in [-0.4, -0.2) is 29.6 Å². The van der Waals surface area contributed by atoms with E-state index in [4.69, 9.17) is 0 Å². The number of aliphatic hydroxyl groups excluding tert-OH is 1. The number of halogens is 1. The highest BCUT2D eigenvalue weighted by Crippen LogP contribution is 2.13. The maximum atomic E-state index is 12.3. The number of Topliss-reactive ketones (excluding diaryl/α,β-unsaturated/α-hetero) is 1. The SMILES string of the molecule is CCCCCCCCc1ccc(C(=O)C[C@@H]2C[C@@H](O)C[NH2+]2)cc1.[Cl-]. The van der Waals surface area contributed by atoms with Crippen LogP contribution in [0.4, 0.5) is 0 Å². The second kappa shape index (κ2) is 11.6. The Bertz CT molecular complexity index is 475. The van der Waals surface area contributed by atoms with Gasteiger partial charge in [-0.05, 0) is 18.4 Å². The first kappa shape index (κ1) is 21.1. The molecule has 3 nitrogen and oxygen atoms in total. The predicted molar refractivity (Wildman–Crippen MR) is 93.7 cm³/mol. The average Bonchev–Trinajstić information content (AvgIpc) is 2.96. The molecule has 1 aromatic carbocycles. The zero-order valence-electron chi connectivity index (χ0n) is 14.8. The molecule has 2 atom stereocenters. The van der Waals surface area contributed by atoms with Crippen LogP contribution in [0.2, 0.25) is 0 Å². The van der Waals surface area contributed by atoms with Crippen molar-refractivity contribution in [2.75, 3.05) is 6.54 Å². The van der Waals surface area contributed by atoms with Crippen molar-refractivity contribution in [2.24, 2.45) is 0 Å². The second-order valence-corrected chi connectivity index (χ2v) is 6.96. The second-order valence-electron chi connectivity index (χ2n) is 6.96. The molecule has 0 spiro atoms. The van der Waals surface area contributed by atoms with Gasteiger partial charge in [0.15, 0.2) is 5.78 Å². The Hall–Kier alpha value is -0.900. The van der Waals surface area contributed by atoms with Crippen molar-refractivity contribution in [3.05, 3.63) is 35.4 Å². The van der Waals surface area contributed by atoms with Gasteiger partial charge in [-0.2, -0.15) is 0 Å². The van der Waals surface area contributed by atoms with Crippen LogP contribution in [0.25, 0.3) is 0 Å². The van der Waals surface area contributed by atoms with Gasteiger partial charge in [0.25, 0.3) is 0 Å². The zero-order chi connectivity index (χ0) is 16.5. The van der Waals surface area contributed by atoms with E-state index in [1.54, 1.807) is 0 Å². The lowest BCUT2D eigenvalue weighted by Crippen LogP contribution is -3.00. The fraction of sp³-hybridized carbons (Fsp3) is 0.650. The summed E-state index contributed by atoms with van der Waals surface area (Å²) < 4.78 is 0. The Morgan fingerprint density at radius 1 is 1.12 bits per heavy atom. The number of carbonyl (C=O) groups excluding carboxylic acids is 1. The summed E-state index contributed by atoms with van der Waals surface area (Å²) >= 11 is 0. The average molecular weight is 354 g/mol. The molecule has 1 fully saturated rings. The maximum Gasteiger partial charge on any atom is 0.168 e. The van der Waals surface area contributed by atoms with E-state index in [0.29, 0.717) is 6.42 Å². The topological polar surface area (TPSA) is 53.9 Å². The first-order valence-corrected chi connectivity index (χ1v) is 9.32.